The van der Waals surface area contributed by atoms with Crippen LogP contribution in [-0.4, -0.2) is 68.6 Å². The van der Waals surface area contributed by atoms with E-state index < -0.39 is 0 Å². The topological polar surface area (TPSA) is 83.2 Å². The number of nitrogens with two attached hydrogens (primary N) is 1. The third kappa shape index (κ3) is 4.50. The van der Waals surface area contributed by atoms with Gasteiger partial charge < -0.3 is 14.5 Å². The molecule has 1 heterocycles. The van der Waals surface area contributed by atoms with Crippen molar-refractivity contribution in [2.45, 2.75) is 12.8 Å². The number of hydrogen-bond donors (Lipinski definition) is 2. The Balaban J connectivity index is 2.55. The molecule has 0 aromatic heterocycles. The lowest BCUT2D eigenvalue weighted by molar-refractivity contribution is -0.129. The zero-order valence-corrected chi connectivity index (χ0v) is 11.2. The van der Waals surface area contributed by atoms with Gasteiger partial charge in [0.2, 0.25) is 11.9 Å². The summed E-state index contributed by atoms with van der Waals surface area (Å²) in [4.78, 5) is 19.7. The first-order chi connectivity index (χ1) is 8.69. The van der Waals surface area contributed by atoms with Crippen molar-refractivity contribution in [1.82, 2.24) is 15.2 Å². The van der Waals surface area contributed by atoms with E-state index in [4.69, 9.17) is 10.6 Å². The summed E-state index contributed by atoms with van der Waals surface area (Å²) in [5, 5.41) is 0. The van der Waals surface area contributed by atoms with Gasteiger partial charge in [0.1, 0.15) is 0 Å². The molecule has 1 rings (SSSR count). The molecule has 0 saturated carbocycles. The van der Waals surface area contributed by atoms with Crippen LogP contribution in [0.1, 0.15) is 12.8 Å². The van der Waals surface area contributed by atoms with E-state index in [-0.39, 0.29) is 5.91 Å². The van der Waals surface area contributed by atoms with Crippen LogP contribution >= 0.6 is 0 Å². The highest BCUT2D eigenvalue weighted by atomic mass is 16.5. The standard InChI is InChI=1S/C11H23N5O2/c1-15-6-4-7-16(9-10(15)17)11(14-12)13-5-3-8-18-2/h3-9,12H2,1-2H3,(H,13,14). The summed E-state index contributed by atoms with van der Waals surface area (Å²) in [5.74, 6) is 6.14. The molecule has 0 aliphatic carbocycles. The maximum atomic E-state index is 11.8. The lowest BCUT2D eigenvalue weighted by Gasteiger charge is -2.22. The smallest absolute Gasteiger partial charge is 0.241 e. The molecule has 1 aliphatic heterocycles. The Hall–Kier alpha value is -1.34. The highest BCUT2D eigenvalue weighted by Crippen LogP contribution is 2.02. The zero-order valence-electron chi connectivity index (χ0n) is 11.2. The number of methoxy groups -OCH3 is 1. The van der Waals surface area contributed by atoms with E-state index in [2.05, 4.69) is 10.4 Å². The number of carbonyl (C=O) groups is 1. The Morgan fingerprint density at radius 2 is 2.33 bits per heavy atom. The van der Waals surface area contributed by atoms with Gasteiger partial charge in [-0.2, -0.15) is 0 Å². The molecule has 1 fully saturated rings. The molecule has 0 atom stereocenters. The molecule has 7 nitrogen and oxygen atoms in total. The van der Waals surface area contributed by atoms with E-state index in [0.717, 1.165) is 25.9 Å². The second-order valence-electron chi connectivity index (χ2n) is 4.29. The molecule has 0 bridgehead atoms. The minimum atomic E-state index is 0.0901. The van der Waals surface area contributed by atoms with Gasteiger partial charge in [-0.15, -0.1) is 0 Å². The number of ether oxygens (including phenoxy) is 1. The second kappa shape index (κ2) is 7.88. The van der Waals surface area contributed by atoms with Crippen LogP contribution in [0.5, 0.6) is 0 Å². The van der Waals surface area contributed by atoms with Crippen LogP contribution in [0.15, 0.2) is 4.99 Å². The van der Waals surface area contributed by atoms with Gasteiger partial charge in [-0.1, -0.05) is 0 Å². The summed E-state index contributed by atoms with van der Waals surface area (Å²) in [6.07, 6.45) is 1.75. The summed E-state index contributed by atoms with van der Waals surface area (Å²) in [5.41, 5.74) is 2.58. The predicted molar refractivity (Wildman–Crippen MR) is 69.9 cm³/mol. The number of nitrogens with one attached hydrogen (secondary N) is 1. The fraction of sp³-hybridized carbons (Fsp3) is 0.818. The van der Waals surface area contributed by atoms with Gasteiger partial charge in [-0.25, -0.2) is 5.84 Å². The Labute approximate surface area is 108 Å². The van der Waals surface area contributed by atoms with Crippen molar-refractivity contribution in [2.24, 2.45) is 10.8 Å². The molecule has 0 unspecified atom stereocenters. The van der Waals surface area contributed by atoms with Crippen LogP contribution in [0.3, 0.4) is 0 Å². The third-order valence-electron chi connectivity index (χ3n) is 2.87. The number of aliphatic imine (C=N–C) groups is 1. The van der Waals surface area contributed by atoms with Gasteiger partial charge in [0.25, 0.3) is 0 Å². The molecule has 0 radical (unpaired) electrons. The fourth-order valence-electron chi connectivity index (χ4n) is 1.80. The zero-order chi connectivity index (χ0) is 13.4. The summed E-state index contributed by atoms with van der Waals surface area (Å²) in [6, 6.07) is 0. The van der Waals surface area contributed by atoms with Gasteiger partial charge in [-0.3, -0.25) is 15.2 Å². The molecule has 7 heteroatoms. The maximum Gasteiger partial charge on any atom is 0.241 e. The number of guanidine groups is 1. The molecule has 1 aliphatic rings. The number of carbonyl (C=O) groups excluding carboxylic acids is 1. The quantitative estimate of drug-likeness (QED) is 0.222. The fourth-order valence-corrected chi connectivity index (χ4v) is 1.80. The number of nitrogens with zero attached hydrogens (tertiary/aromatic N) is 3. The van der Waals surface area contributed by atoms with Gasteiger partial charge >= 0.3 is 0 Å². The van der Waals surface area contributed by atoms with Crippen molar-refractivity contribution in [3.63, 3.8) is 0 Å². The Morgan fingerprint density at radius 3 is 3.00 bits per heavy atom. The highest BCUT2D eigenvalue weighted by molar-refractivity contribution is 5.86. The molecule has 0 spiro atoms. The Morgan fingerprint density at radius 1 is 1.56 bits per heavy atom. The molecular weight excluding hydrogens is 234 g/mol. The van der Waals surface area contributed by atoms with Crippen molar-refractivity contribution in [3.8, 4) is 0 Å². The van der Waals surface area contributed by atoms with Gasteiger partial charge in [0.05, 0.1) is 6.54 Å². The van der Waals surface area contributed by atoms with E-state index >= 15 is 0 Å². The van der Waals surface area contributed by atoms with Gasteiger partial charge in [0.15, 0.2) is 0 Å². The van der Waals surface area contributed by atoms with E-state index in [9.17, 15) is 4.79 Å². The monoisotopic (exact) mass is 257 g/mol. The number of hydrazine groups is 1. The van der Waals surface area contributed by atoms with Crippen molar-refractivity contribution in [1.29, 1.82) is 0 Å². The number of amides is 1. The SMILES string of the molecule is COCCCN=C(NN)N1CCCN(C)C(=O)C1. The lowest BCUT2D eigenvalue weighted by atomic mass is 10.4. The lowest BCUT2D eigenvalue weighted by Crippen LogP contribution is -2.47. The second-order valence-corrected chi connectivity index (χ2v) is 4.29. The molecule has 3 N–H and O–H groups in total. The van der Waals surface area contributed by atoms with E-state index in [1.54, 1.807) is 12.0 Å². The van der Waals surface area contributed by atoms with Crippen molar-refractivity contribution >= 4 is 11.9 Å². The van der Waals surface area contributed by atoms with E-state index in [1.165, 1.54) is 0 Å². The molecule has 104 valence electrons. The van der Waals surface area contributed by atoms with E-state index in [1.807, 2.05) is 11.9 Å². The third-order valence-corrected chi connectivity index (χ3v) is 2.87. The van der Waals surface area contributed by atoms with Crippen LogP contribution in [0.2, 0.25) is 0 Å². The first-order valence-electron chi connectivity index (χ1n) is 6.18. The number of hydrogen-bond acceptors (Lipinski definition) is 4. The molecule has 0 aromatic carbocycles. The molecule has 18 heavy (non-hydrogen) atoms. The minimum Gasteiger partial charge on any atom is -0.385 e. The average Bonchev–Trinajstić information content (AvgIpc) is 2.52. The Kier molecular flexibility index (Phi) is 6.45. The van der Waals surface area contributed by atoms with Crippen LogP contribution in [-0.2, 0) is 9.53 Å². The maximum absolute atomic E-state index is 11.8. The van der Waals surface area contributed by atoms with Crippen LogP contribution in [0, 0.1) is 0 Å². The summed E-state index contributed by atoms with van der Waals surface area (Å²) in [6.45, 7) is 3.18. The largest absolute Gasteiger partial charge is 0.385 e. The van der Waals surface area contributed by atoms with Crippen LogP contribution in [0.4, 0.5) is 0 Å². The highest BCUT2D eigenvalue weighted by Gasteiger charge is 2.20. The average molecular weight is 257 g/mol. The molecule has 1 amide bonds. The first kappa shape index (κ1) is 14.7. The Bertz CT molecular complexity index is 295. The van der Waals surface area contributed by atoms with Gasteiger partial charge in [-0.05, 0) is 12.8 Å². The van der Waals surface area contributed by atoms with E-state index in [0.29, 0.717) is 25.7 Å². The number of likely N-dealkylation sites (N-methyl/N-ethyl adjacent to an activating group) is 1. The van der Waals surface area contributed by atoms with Crippen LogP contribution in [0.25, 0.3) is 0 Å². The number of rotatable bonds is 4. The molecule has 0 aromatic rings. The normalized spacial score (nSPS) is 17.9. The molecular formula is C11H23N5O2. The van der Waals surface area contributed by atoms with Crippen molar-refractivity contribution in [2.75, 3.05) is 46.9 Å². The van der Waals surface area contributed by atoms with Crippen LogP contribution < -0.4 is 11.3 Å². The van der Waals surface area contributed by atoms with Gasteiger partial charge in [0, 0.05) is 40.4 Å². The summed E-state index contributed by atoms with van der Waals surface area (Å²) in [7, 11) is 3.48. The first-order valence-corrected chi connectivity index (χ1v) is 6.18. The van der Waals surface area contributed by atoms with Crippen molar-refractivity contribution in [3.05, 3.63) is 0 Å². The predicted octanol–water partition coefficient (Wildman–Crippen LogP) is -0.994. The van der Waals surface area contributed by atoms with Crippen molar-refractivity contribution < 1.29 is 9.53 Å². The minimum absolute atomic E-state index is 0.0901. The summed E-state index contributed by atoms with van der Waals surface area (Å²) < 4.78 is 4.96. The molecule has 1 saturated heterocycles. The summed E-state index contributed by atoms with van der Waals surface area (Å²) >= 11 is 0.